The van der Waals surface area contributed by atoms with Crippen molar-refractivity contribution in [3.05, 3.63) is 53.8 Å². The summed E-state index contributed by atoms with van der Waals surface area (Å²) in [6.07, 6.45) is 0. The first-order valence-electron chi connectivity index (χ1n) is 5.19. The number of aryl methyl sites for hydroxylation is 1. The van der Waals surface area contributed by atoms with Gasteiger partial charge in [0.1, 0.15) is 5.82 Å². The molecule has 0 saturated heterocycles. The molecule has 0 aromatic heterocycles. The topological polar surface area (TPSA) is 34.1 Å². The maximum atomic E-state index is 13.4. The number of rotatable bonds is 2. The van der Waals surface area contributed by atoms with Crippen molar-refractivity contribution in [3.63, 3.8) is 0 Å². The van der Waals surface area contributed by atoms with E-state index in [1.54, 1.807) is 31.2 Å². The van der Waals surface area contributed by atoms with E-state index in [1.807, 2.05) is 0 Å². The molecule has 0 bridgehead atoms. The Kier molecular flexibility index (Phi) is 3.41. The smallest absolute Gasteiger partial charge is 0.207 e. The second kappa shape index (κ2) is 4.71. The molecule has 0 saturated carbocycles. The molecule has 0 aliphatic carbocycles. The van der Waals surface area contributed by atoms with Crippen LogP contribution in [0.1, 0.15) is 5.56 Å². The molecule has 2 nitrogen and oxygen atoms in total. The summed E-state index contributed by atoms with van der Waals surface area (Å²) in [5, 5.41) is 0. The number of hydrogen-bond acceptors (Lipinski definition) is 2. The maximum Gasteiger partial charge on any atom is 0.261 e. The molecular formula is C13H10ClFO2S. The van der Waals surface area contributed by atoms with Crippen LogP contribution in [0.2, 0.25) is 0 Å². The summed E-state index contributed by atoms with van der Waals surface area (Å²) >= 11 is 0. The lowest BCUT2D eigenvalue weighted by Gasteiger charge is -2.04. The van der Waals surface area contributed by atoms with Gasteiger partial charge in [0.25, 0.3) is 9.05 Å². The zero-order chi connectivity index (χ0) is 13.3. The molecule has 0 atom stereocenters. The van der Waals surface area contributed by atoms with E-state index < -0.39 is 9.05 Å². The van der Waals surface area contributed by atoms with Crippen molar-refractivity contribution < 1.29 is 12.8 Å². The van der Waals surface area contributed by atoms with Gasteiger partial charge in [0, 0.05) is 10.7 Å². The first-order chi connectivity index (χ1) is 8.38. The fourth-order valence-corrected chi connectivity index (χ4v) is 2.35. The Hall–Kier alpha value is -1.39. The van der Waals surface area contributed by atoms with Crippen molar-refractivity contribution in [3.8, 4) is 11.1 Å². The molecule has 0 heterocycles. The van der Waals surface area contributed by atoms with E-state index in [-0.39, 0.29) is 10.7 Å². The number of halogens is 2. The minimum atomic E-state index is -3.72. The van der Waals surface area contributed by atoms with E-state index >= 15 is 0 Å². The third-order valence-corrected chi connectivity index (χ3v) is 4.01. The molecule has 0 amide bonds. The average molecular weight is 285 g/mol. The number of hydrogen-bond donors (Lipinski definition) is 0. The highest BCUT2D eigenvalue weighted by molar-refractivity contribution is 8.13. The van der Waals surface area contributed by atoms with Crippen molar-refractivity contribution in [2.24, 2.45) is 0 Å². The predicted octanol–water partition coefficient (Wildman–Crippen LogP) is 3.73. The lowest BCUT2D eigenvalue weighted by molar-refractivity contribution is 0.609. The van der Waals surface area contributed by atoms with E-state index in [1.165, 1.54) is 18.2 Å². The normalized spacial score (nSPS) is 11.5. The van der Waals surface area contributed by atoms with Gasteiger partial charge in [0.15, 0.2) is 0 Å². The highest BCUT2D eigenvalue weighted by Crippen LogP contribution is 2.24. The molecule has 2 rings (SSSR count). The molecule has 0 unspecified atom stereocenters. The lowest BCUT2D eigenvalue weighted by atomic mass is 10.0. The van der Waals surface area contributed by atoms with Gasteiger partial charge in [-0.2, -0.15) is 0 Å². The van der Waals surface area contributed by atoms with Gasteiger partial charge in [-0.1, -0.05) is 24.3 Å². The fourth-order valence-electron chi connectivity index (χ4n) is 1.58. The Bertz CT molecular complexity index is 679. The Labute approximate surface area is 109 Å². The van der Waals surface area contributed by atoms with Gasteiger partial charge in [-0.25, -0.2) is 12.8 Å². The van der Waals surface area contributed by atoms with Crippen LogP contribution < -0.4 is 0 Å². The largest absolute Gasteiger partial charge is 0.261 e. The Morgan fingerprint density at radius 3 is 2.06 bits per heavy atom. The molecule has 0 fully saturated rings. The van der Waals surface area contributed by atoms with Crippen LogP contribution in [0, 0.1) is 12.7 Å². The Morgan fingerprint density at radius 1 is 1.00 bits per heavy atom. The van der Waals surface area contributed by atoms with Crippen molar-refractivity contribution in [2.45, 2.75) is 11.8 Å². The monoisotopic (exact) mass is 284 g/mol. The average Bonchev–Trinajstić information content (AvgIpc) is 2.32. The highest BCUT2D eigenvalue weighted by Gasteiger charge is 2.09. The number of benzene rings is 2. The van der Waals surface area contributed by atoms with Crippen LogP contribution >= 0.6 is 10.7 Å². The van der Waals surface area contributed by atoms with Crippen LogP contribution in [0.25, 0.3) is 11.1 Å². The molecular weight excluding hydrogens is 275 g/mol. The Morgan fingerprint density at radius 2 is 1.56 bits per heavy atom. The van der Waals surface area contributed by atoms with Crippen LogP contribution in [-0.4, -0.2) is 8.42 Å². The molecule has 0 aliphatic heterocycles. The lowest BCUT2D eigenvalue weighted by Crippen LogP contribution is -1.90. The summed E-state index contributed by atoms with van der Waals surface area (Å²) in [7, 11) is 1.50. The SMILES string of the molecule is Cc1ccc(-c2ccc(S(=O)(=O)Cl)cc2)cc1F. The van der Waals surface area contributed by atoms with Crippen molar-refractivity contribution in [1.82, 2.24) is 0 Å². The summed E-state index contributed by atoms with van der Waals surface area (Å²) in [5.74, 6) is -0.290. The van der Waals surface area contributed by atoms with E-state index in [2.05, 4.69) is 0 Å². The summed E-state index contributed by atoms with van der Waals surface area (Å²) in [6.45, 7) is 1.68. The van der Waals surface area contributed by atoms with E-state index in [9.17, 15) is 12.8 Å². The van der Waals surface area contributed by atoms with Crippen LogP contribution in [0.4, 0.5) is 4.39 Å². The van der Waals surface area contributed by atoms with Crippen molar-refractivity contribution in [1.29, 1.82) is 0 Å². The van der Waals surface area contributed by atoms with E-state index in [0.29, 0.717) is 11.1 Å². The van der Waals surface area contributed by atoms with Gasteiger partial charge >= 0.3 is 0 Å². The minimum absolute atomic E-state index is 0.0282. The molecule has 2 aromatic carbocycles. The third-order valence-electron chi connectivity index (χ3n) is 2.64. The fraction of sp³-hybridized carbons (Fsp3) is 0.0769. The highest BCUT2D eigenvalue weighted by atomic mass is 35.7. The second-order valence-corrected chi connectivity index (χ2v) is 6.49. The molecule has 94 valence electrons. The zero-order valence-electron chi connectivity index (χ0n) is 9.52. The van der Waals surface area contributed by atoms with Crippen LogP contribution in [0.3, 0.4) is 0 Å². The van der Waals surface area contributed by atoms with Gasteiger partial charge in [-0.15, -0.1) is 0 Å². The third kappa shape index (κ3) is 2.71. The molecule has 2 aromatic rings. The summed E-state index contributed by atoms with van der Waals surface area (Å²) in [4.78, 5) is 0.0282. The quantitative estimate of drug-likeness (QED) is 0.788. The first-order valence-corrected chi connectivity index (χ1v) is 7.50. The van der Waals surface area contributed by atoms with Gasteiger partial charge in [0.05, 0.1) is 4.90 Å². The Balaban J connectivity index is 2.43. The van der Waals surface area contributed by atoms with Crippen molar-refractivity contribution in [2.75, 3.05) is 0 Å². The summed E-state index contributed by atoms with van der Waals surface area (Å²) in [5.41, 5.74) is 1.99. The van der Waals surface area contributed by atoms with Gasteiger partial charge in [-0.05, 0) is 41.8 Å². The molecule has 0 spiro atoms. The molecule has 0 radical (unpaired) electrons. The molecule has 0 N–H and O–H groups in total. The maximum absolute atomic E-state index is 13.4. The van der Waals surface area contributed by atoms with E-state index in [0.717, 1.165) is 5.56 Å². The predicted molar refractivity (Wildman–Crippen MR) is 69.6 cm³/mol. The summed E-state index contributed by atoms with van der Waals surface area (Å²) < 4.78 is 35.6. The van der Waals surface area contributed by atoms with Gasteiger partial charge in [0.2, 0.25) is 0 Å². The molecule has 18 heavy (non-hydrogen) atoms. The van der Waals surface area contributed by atoms with Crippen LogP contribution in [0.15, 0.2) is 47.4 Å². The minimum Gasteiger partial charge on any atom is -0.207 e. The van der Waals surface area contributed by atoms with Gasteiger partial charge in [-0.3, -0.25) is 0 Å². The second-order valence-electron chi connectivity index (χ2n) is 3.93. The standard InChI is InChI=1S/C13H10ClFO2S/c1-9-2-3-11(8-13(9)15)10-4-6-12(7-5-10)18(14,16)17/h2-8H,1H3. The molecule has 0 aliphatic rings. The molecule has 5 heteroatoms. The van der Waals surface area contributed by atoms with Crippen molar-refractivity contribution >= 4 is 19.7 Å². The summed E-state index contributed by atoms with van der Waals surface area (Å²) in [6, 6.07) is 10.9. The van der Waals surface area contributed by atoms with Crippen LogP contribution in [-0.2, 0) is 9.05 Å². The first kappa shape index (κ1) is 13.1. The van der Waals surface area contributed by atoms with Gasteiger partial charge < -0.3 is 0 Å². The van der Waals surface area contributed by atoms with E-state index in [4.69, 9.17) is 10.7 Å². The van der Waals surface area contributed by atoms with Crippen LogP contribution in [0.5, 0.6) is 0 Å². The zero-order valence-corrected chi connectivity index (χ0v) is 11.1.